The number of hydrogen-bond donors (Lipinski definition) is 2. The molecule has 0 amide bonds. The van der Waals surface area contributed by atoms with Crippen molar-refractivity contribution >= 4 is 21.2 Å². The number of aryl methyl sites for hydroxylation is 1. The number of aromatic amines is 1. The summed E-state index contributed by atoms with van der Waals surface area (Å²) in [5.74, 6) is -1.28. The molecule has 0 unspecified atom stereocenters. The van der Waals surface area contributed by atoms with E-state index in [0.29, 0.717) is 53.0 Å². The average Bonchev–Trinajstić information content (AvgIpc) is 2.95. The number of halogens is 1. The molecule has 0 aliphatic carbocycles. The van der Waals surface area contributed by atoms with Gasteiger partial charge in [0.2, 0.25) is 15.8 Å². The number of benzene rings is 2. The molecule has 2 heterocycles. The van der Waals surface area contributed by atoms with E-state index in [0.717, 1.165) is 6.42 Å². The van der Waals surface area contributed by atoms with E-state index in [2.05, 4.69) is 16.0 Å². The smallest absolute Gasteiger partial charge is 0.271 e. The van der Waals surface area contributed by atoms with Crippen LogP contribution in [0.25, 0.3) is 11.1 Å². The molecule has 10 heteroatoms. The van der Waals surface area contributed by atoms with Gasteiger partial charge >= 0.3 is 0 Å². The van der Waals surface area contributed by atoms with Crippen LogP contribution in [0.2, 0.25) is 0 Å². The summed E-state index contributed by atoms with van der Waals surface area (Å²) in [6, 6.07) is 16.1. The maximum atomic E-state index is 14.0. The second-order valence-electron chi connectivity index (χ2n) is 9.27. The average molecular weight is 561 g/mol. The highest BCUT2D eigenvalue weighted by atomic mass is 32.2. The van der Waals surface area contributed by atoms with Crippen LogP contribution < -0.4 is 10.5 Å². The molecular formula is C30H29FN4O4S. The van der Waals surface area contributed by atoms with E-state index in [-0.39, 0.29) is 10.6 Å². The summed E-state index contributed by atoms with van der Waals surface area (Å²) in [7, 11) is -4.47. The number of aromatic nitrogens is 2. The molecule has 0 saturated carbocycles. The van der Waals surface area contributed by atoms with E-state index in [4.69, 9.17) is 0 Å². The normalized spacial score (nSPS) is 11.3. The first kappa shape index (κ1) is 28.5. The van der Waals surface area contributed by atoms with Gasteiger partial charge in [-0.25, -0.2) is 13.4 Å². The van der Waals surface area contributed by atoms with Crippen molar-refractivity contribution in [1.82, 2.24) is 9.97 Å². The number of pyridine rings is 2. The fraction of sp³-hybridized carbons (Fsp3) is 0.233. The van der Waals surface area contributed by atoms with Crippen molar-refractivity contribution < 1.29 is 17.9 Å². The number of hydrogen-bond acceptors (Lipinski definition) is 7. The van der Waals surface area contributed by atoms with Gasteiger partial charge in [0.25, 0.3) is 5.56 Å². The second-order valence-corrected chi connectivity index (χ2v) is 11.2. The van der Waals surface area contributed by atoms with Crippen LogP contribution in [0, 0.1) is 24.2 Å². The largest absolute Gasteiger partial charge is 0.504 e. The molecule has 2 aromatic heterocycles. The Bertz CT molecular complexity index is 1760. The van der Waals surface area contributed by atoms with E-state index in [1.54, 1.807) is 42.2 Å². The maximum absolute atomic E-state index is 14.0. The lowest BCUT2D eigenvalue weighted by atomic mass is 10.0. The summed E-state index contributed by atoms with van der Waals surface area (Å²) >= 11 is 0. The predicted octanol–water partition coefficient (Wildman–Crippen LogP) is 5.80. The molecular weight excluding hydrogens is 531 g/mol. The zero-order valence-corrected chi connectivity index (χ0v) is 23.2. The van der Waals surface area contributed by atoms with E-state index in [1.165, 1.54) is 30.5 Å². The Kier molecular flexibility index (Phi) is 8.35. The third-order valence-electron chi connectivity index (χ3n) is 6.74. The Balaban J connectivity index is 1.88. The Hall–Kier alpha value is -4.49. The molecule has 4 aromatic rings. The topological polar surface area (TPSA) is 127 Å². The maximum Gasteiger partial charge on any atom is 0.271 e. The van der Waals surface area contributed by atoms with Crippen molar-refractivity contribution in [2.24, 2.45) is 0 Å². The highest BCUT2D eigenvalue weighted by Crippen LogP contribution is 2.40. The highest BCUT2D eigenvalue weighted by Gasteiger charge is 2.31. The lowest BCUT2D eigenvalue weighted by Gasteiger charge is -2.27. The molecule has 0 saturated heterocycles. The minimum atomic E-state index is -4.47. The minimum Gasteiger partial charge on any atom is -0.504 e. The molecule has 0 spiro atoms. The molecule has 2 aromatic carbocycles. The molecule has 0 bridgehead atoms. The first-order valence-electron chi connectivity index (χ1n) is 12.9. The Labute approximate surface area is 232 Å². The fourth-order valence-electron chi connectivity index (χ4n) is 4.65. The number of nitrogens with zero attached hydrogens (tertiary/aromatic N) is 3. The van der Waals surface area contributed by atoms with Gasteiger partial charge < -0.3 is 15.0 Å². The number of sulfone groups is 1. The van der Waals surface area contributed by atoms with Crippen LogP contribution in [-0.2, 0) is 16.3 Å². The van der Waals surface area contributed by atoms with Gasteiger partial charge in [-0.1, -0.05) is 31.5 Å². The van der Waals surface area contributed by atoms with Gasteiger partial charge in [0.1, 0.15) is 5.69 Å². The molecule has 206 valence electrons. The Morgan fingerprint density at radius 3 is 2.50 bits per heavy atom. The lowest BCUT2D eigenvalue weighted by Crippen LogP contribution is -2.25. The number of anilines is 2. The van der Waals surface area contributed by atoms with Crippen LogP contribution in [0.15, 0.2) is 75.4 Å². The van der Waals surface area contributed by atoms with Gasteiger partial charge in [-0.2, -0.15) is 9.65 Å². The zero-order chi connectivity index (χ0) is 29.0. The molecule has 40 heavy (non-hydrogen) atoms. The third kappa shape index (κ3) is 5.33. The van der Waals surface area contributed by atoms with Crippen molar-refractivity contribution in [3.05, 3.63) is 93.9 Å². The van der Waals surface area contributed by atoms with Crippen molar-refractivity contribution in [2.75, 3.05) is 11.4 Å². The van der Waals surface area contributed by atoms with E-state index >= 15 is 0 Å². The van der Waals surface area contributed by atoms with Gasteiger partial charge in [0, 0.05) is 29.7 Å². The van der Waals surface area contributed by atoms with Crippen LogP contribution in [-0.4, -0.2) is 30.0 Å². The molecule has 8 nitrogen and oxygen atoms in total. The highest BCUT2D eigenvalue weighted by molar-refractivity contribution is 7.91. The van der Waals surface area contributed by atoms with Crippen LogP contribution in [0.1, 0.15) is 43.5 Å². The molecule has 0 fully saturated rings. The van der Waals surface area contributed by atoms with Crippen molar-refractivity contribution in [2.45, 2.75) is 49.8 Å². The minimum absolute atomic E-state index is 0.170. The molecule has 2 N–H and O–H groups in total. The SMILES string of the molecule is CCCCc1[nH]c(=O)c(S(=O)(=O)c2ccc(-c3ccnc(F)c3C)cc2)c(O)c1N(CC)c1cccc(C#N)c1. The van der Waals surface area contributed by atoms with Gasteiger partial charge in [0.15, 0.2) is 10.6 Å². The van der Waals surface area contributed by atoms with Crippen LogP contribution in [0.4, 0.5) is 15.8 Å². The van der Waals surface area contributed by atoms with Gasteiger partial charge in [0.05, 0.1) is 16.5 Å². The second kappa shape index (κ2) is 11.7. The zero-order valence-electron chi connectivity index (χ0n) is 22.4. The fourth-order valence-corrected chi connectivity index (χ4v) is 6.03. The van der Waals surface area contributed by atoms with Crippen molar-refractivity contribution in [3.63, 3.8) is 0 Å². The molecule has 0 aliphatic rings. The number of nitrogens with one attached hydrogen (secondary N) is 1. The summed E-state index contributed by atoms with van der Waals surface area (Å²) in [4.78, 5) is 20.2. The van der Waals surface area contributed by atoms with Gasteiger partial charge in [-0.05, 0) is 74.2 Å². The number of rotatable bonds is 9. The van der Waals surface area contributed by atoms with E-state index in [9.17, 15) is 28.0 Å². The van der Waals surface area contributed by atoms with Crippen LogP contribution in [0.3, 0.4) is 0 Å². The quantitative estimate of drug-likeness (QED) is 0.248. The third-order valence-corrected chi connectivity index (χ3v) is 8.55. The Morgan fingerprint density at radius 1 is 1.12 bits per heavy atom. The van der Waals surface area contributed by atoms with E-state index in [1.807, 2.05) is 13.8 Å². The number of unbranched alkanes of at least 4 members (excludes halogenated alkanes) is 1. The number of H-pyrrole nitrogens is 1. The summed E-state index contributed by atoms with van der Waals surface area (Å²) in [5, 5.41) is 20.9. The summed E-state index contributed by atoms with van der Waals surface area (Å²) in [6.07, 6.45) is 3.24. The first-order chi connectivity index (χ1) is 19.1. The monoisotopic (exact) mass is 560 g/mol. The molecule has 0 aliphatic heterocycles. The first-order valence-corrected chi connectivity index (χ1v) is 14.3. The van der Waals surface area contributed by atoms with Crippen LogP contribution >= 0.6 is 0 Å². The molecule has 0 radical (unpaired) electrons. The molecule has 4 rings (SSSR count). The van der Waals surface area contributed by atoms with Crippen molar-refractivity contribution in [3.8, 4) is 22.9 Å². The summed E-state index contributed by atoms with van der Waals surface area (Å²) < 4.78 is 41.5. The number of nitriles is 1. The summed E-state index contributed by atoms with van der Waals surface area (Å²) in [6.45, 7) is 5.71. The van der Waals surface area contributed by atoms with Gasteiger partial charge in [-0.15, -0.1) is 0 Å². The van der Waals surface area contributed by atoms with Crippen molar-refractivity contribution in [1.29, 1.82) is 5.26 Å². The summed E-state index contributed by atoms with van der Waals surface area (Å²) in [5.41, 5.74) is 2.05. The predicted molar refractivity (Wildman–Crippen MR) is 151 cm³/mol. The standard InChI is InChI=1S/C30H29FN4O4S/c1-4-6-10-25-26(35(5-2)22-9-7-8-20(17-22)18-32)27(36)28(30(37)34-25)40(38,39)23-13-11-21(12-14-23)24-15-16-33-29(31)19(24)3/h7-9,11-17H,4-6,10H2,1-3H3,(H2,34,36,37). The van der Waals surface area contributed by atoms with Crippen LogP contribution in [0.5, 0.6) is 5.75 Å². The lowest BCUT2D eigenvalue weighted by molar-refractivity contribution is 0.454. The number of aromatic hydroxyl groups is 1. The van der Waals surface area contributed by atoms with Gasteiger partial charge in [-0.3, -0.25) is 4.79 Å². The molecule has 0 atom stereocenters. The Morgan fingerprint density at radius 2 is 1.85 bits per heavy atom. The van der Waals surface area contributed by atoms with E-state index < -0.39 is 32.0 Å².